The highest BCUT2D eigenvalue weighted by atomic mass is 32.2. The van der Waals surface area contributed by atoms with E-state index in [2.05, 4.69) is 9.71 Å². The Balaban J connectivity index is 1.91. The van der Waals surface area contributed by atoms with Crippen LogP contribution in [-0.4, -0.2) is 14.3 Å². The molecule has 0 amide bonds. The van der Waals surface area contributed by atoms with E-state index in [1.807, 2.05) is 0 Å². The third-order valence-corrected chi connectivity index (χ3v) is 4.73. The van der Waals surface area contributed by atoms with Gasteiger partial charge in [-0.3, -0.25) is 9.71 Å². The number of aliphatic imine (C=N–C) groups is 1. The SMILES string of the molecule is O=S1(=O)NC(=NCc2cccc(C(F)(F)F)c2)c2ccccc21. The maximum atomic E-state index is 12.7. The van der Waals surface area contributed by atoms with Gasteiger partial charge in [-0.25, -0.2) is 8.42 Å². The van der Waals surface area contributed by atoms with Gasteiger partial charge in [0.1, 0.15) is 5.84 Å². The van der Waals surface area contributed by atoms with Crippen molar-refractivity contribution in [3.63, 3.8) is 0 Å². The summed E-state index contributed by atoms with van der Waals surface area (Å²) in [6, 6.07) is 11.1. The van der Waals surface area contributed by atoms with Crippen LogP contribution >= 0.6 is 0 Å². The quantitative estimate of drug-likeness (QED) is 0.914. The van der Waals surface area contributed by atoms with Gasteiger partial charge in [-0.1, -0.05) is 24.3 Å². The molecule has 0 bridgehead atoms. The Morgan fingerprint density at radius 1 is 1.04 bits per heavy atom. The minimum atomic E-state index is -4.43. The summed E-state index contributed by atoms with van der Waals surface area (Å²) in [6.07, 6.45) is -4.43. The predicted molar refractivity (Wildman–Crippen MR) is 78.4 cm³/mol. The second-order valence-corrected chi connectivity index (χ2v) is 6.62. The number of hydrogen-bond acceptors (Lipinski definition) is 3. The van der Waals surface area contributed by atoms with Gasteiger partial charge in [0.05, 0.1) is 17.0 Å². The Kier molecular flexibility index (Phi) is 3.63. The maximum absolute atomic E-state index is 12.7. The molecule has 3 rings (SSSR count). The van der Waals surface area contributed by atoms with Gasteiger partial charge in [-0.2, -0.15) is 13.2 Å². The Morgan fingerprint density at radius 3 is 2.52 bits per heavy atom. The fourth-order valence-electron chi connectivity index (χ4n) is 2.27. The van der Waals surface area contributed by atoms with E-state index in [0.29, 0.717) is 11.1 Å². The van der Waals surface area contributed by atoms with E-state index < -0.39 is 21.8 Å². The number of amidine groups is 1. The normalized spacial score (nSPS) is 17.8. The number of halogens is 3. The van der Waals surface area contributed by atoms with E-state index >= 15 is 0 Å². The second kappa shape index (κ2) is 5.38. The largest absolute Gasteiger partial charge is 0.416 e. The monoisotopic (exact) mass is 340 g/mol. The maximum Gasteiger partial charge on any atom is 0.416 e. The number of sulfonamides is 1. The summed E-state index contributed by atoms with van der Waals surface area (Å²) in [5, 5.41) is 0. The summed E-state index contributed by atoms with van der Waals surface area (Å²) < 4.78 is 64.2. The molecular formula is C15H11F3N2O2S. The van der Waals surface area contributed by atoms with Gasteiger partial charge in [0, 0.05) is 5.56 Å². The third-order valence-electron chi connectivity index (χ3n) is 3.34. The molecule has 2 aromatic carbocycles. The highest BCUT2D eigenvalue weighted by Gasteiger charge is 2.31. The van der Waals surface area contributed by atoms with Crippen LogP contribution in [0, 0.1) is 0 Å². The topological polar surface area (TPSA) is 58.5 Å². The van der Waals surface area contributed by atoms with Crippen molar-refractivity contribution in [2.75, 3.05) is 0 Å². The molecule has 120 valence electrons. The van der Waals surface area contributed by atoms with Gasteiger partial charge in [-0.05, 0) is 29.8 Å². The molecule has 0 aromatic heterocycles. The molecule has 8 heteroatoms. The molecular weight excluding hydrogens is 329 g/mol. The second-order valence-electron chi connectivity index (χ2n) is 4.96. The highest BCUT2D eigenvalue weighted by molar-refractivity contribution is 7.90. The Labute approximate surface area is 130 Å². The predicted octanol–water partition coefficient (Wildman–Crippen LogP) is 2.94. The molecule has 0 atom stereocenters. The summed E-state index contributed by atoms with van der Waals surface area (Å²) in [7, 11) is -3.65. The van der Waals surface area contributed by atoms with Gasteiger partial charge in [0.2, 0.25) is 0 Å². The molecule has 1 N–H and O–H groups in total. The van der Waals surface area contributed by atoms with E-state index in [1.165, 1.54) is 18.2 Å². The zero-order chi connectivity index (χ0) is 16.7. The zero-order valence-corrected chi connectivity index (χ0v) is 12.4. The van der Waals surface area contributed by atoms with Gasteiger partial charge < -0.3 is 0 Å². The first-order valence-electron chi connectivity index (χ1n) is 6.60. The third kappa shape index (κ3) is 3.07. The Morgan fingerprint density at radius 2 is 1.78 bits per heavy atom. The lowest BCUT2D eigenvalue weighted by Crippen LogP contribution is -2.22. The van der Waals surface area contributed by atoms with Crippen molar-refractivity contribution in [1.29, 1.82) is 0 Å². The highest BCUT2D eigenvalue weighted by Crippen LogP contribution is 2.30. The van der Waals surface area contributed by atoms with Crippen LogP contribution in [-0.2, 0) is 22.7 Å². The molecule has 1 aliphatic heterocycles. The van der Waals surface area contributed by atoms with Crippen LogP contribution in [0.4, 0.5) is 13.2 Å². The summed E-state index contributed by atoms with van der Waals surface area (Å²) in [5.74, 6) is 0.137. The standard InChI is InChI=1S/C15H11F3N2O2S/c16-15(17,18)11-5-3-4-10(8-11)9-19-14-12-6-1-2-7-13(12)23(21,22)20-14/h1-8H,9H2,(H,19,20). The van der Waals surface area contributed by atoms with Crippen molar-refractivity contribution in [3.8, 4) is 0 Å². The number of nitrogens with zero attached hydrogens (tertiary/aromatic N) is 1. The smallest absolute Gasteiger partial charge is 0.263 e. The lowest BCUT2D eigenvalue weighted by Gasteiger charge is -2.07. The van der Waals surface area contributed by atoms with Crippen LogP contribution in [0.5, 0.6) is 0 Å². The molecule has 1 heterocycles. The Hall–Kier alpha value is -2.35. The van der Waals surface area contributed by atoms with Crippen LogP contribution in [0.25, 0.3) is 0 Å². The number of alkyl halides is 3. The summed E-state index contributed by atoms with van der Waals surface area (Å²) in [5.41, 5.74) is -0.00187. The number of rotatable bonds is 2. The van der Waals surface area contributed by atoms with Gasteiger partial charge >= 0.3 is 6.18 Å². The first-order chi connectivity index (χ1) is 10.8. The van der Waals surface area contributed by atoms with Crippen molar-refractivity contribution in [1.82, 2.24) is 4.72 Å². The van der Waals surface area contributed by atoms with Gasteiger partial charge in [0.25, 0.3) is 10.0 Å². The van der Waals surface area contributed by atoms with Crippen molar-refractivity contribution < 1.29 is 21.6 Å². The summed E-state index contributed by atoms with van der Waals surface area (Å²) in [6.45, 7) is -0.0594. The van der Waals surface area contributed by atoms with Crippen molar-refractivity contribution >= 4 is 15.9 Å². The average Bonchev–Trinajstić information content (AvgIpc) is 2.76. The molecule has 2 aromatic rings. The number of hydrogen-bond donors (Lipinski definition) is 1. The Bertz CT molecular complexity index is 890. The molecule has 23 heavy (non-hydrogen) atoms. The van der Waals surface area contributed by atoms with Crippen LogP contribution in [0.3, 0.4) is 0 Å². The molecule has 0 fully saturated rings. The molecule has 0 aliphatic carbocycles. The van der Waals surface area contributed by atoms with E-state index in [1.54, 1.807) is 18.2 Å². The minimum absolute atomic E-state index is 0.0594. The molecule has 0 radical (unpaired) electrons. The molecule has 0 saturated carbocycles. The number of fused-ring (bicyclic) bond motifs is 1. The van der Waals surface area contributed by atoms with Gasteiger partial charge in [0.15, 0.2) is 0 Å². The van der Waals surface area contributed by atoms with Crippen LogP contribution < -0.4 is 4.72 Å². The lowest BCUT2D eigenvalue weighted by molar-refractivity contribution is -0.137. The summed E-state index contributed by atoms with van der Waals surface area (Å²) in [4.78, 5) is 4.23. The first kappa shape index (κ1) is 15.5. The van der Waals surface area contributed by atoms with E-state index in [9.17, 15) is 21.6 Å². The minimum Gasteiger partial charge on any atom is -0.263 e. The average molecular weight is 340 g/mol. The zero-order valence-electron chi connectivity index (χ0n) is 11.6. The van der Waals surface area contributed by atoms with E-state index in [4.69, 9.17) is 0 Å². The fraction of sp³-hybridized carbons (Fsp3) is 0.133. The van der Waals surface area contributed by atoms with Gasteiger partial charge in [-0.15, -0.1) is 0 Å². The van der Waals surface area contributed by atoms with Crippen LogP contribution in [0.2, 0.25) is 0 Å². The first-order valence-corrected chi connectivity index (χ1v) is 8.08. The van der Waals surface area contributed by atoms with Crippen molar-refractivity contribution in [2.24, 2.45) is 4.99 Å². The molecule has 4 nitrogen and oxygen atoms in total. The number of benzene rings is 2. The lowest BCUT2D eigenvalue weighted by atomic mass is 10.1. The molecule has 1 aliphatic rings. The van der Waals surface area contributed by atoms with Crippen molar-refractivity contribution in [3.05, 3.63) is 65.2 Å². The van der Waals surface area contributed by atoms with Crippen molar-refractivity contribution in [2.45, 2.75) is 17.6 Å². The molecule has 0 spiro atoms. The van der Waals surface area contributed by atoms with Crippen LogP contribution in [0.1, 0.15) is 16.7 Å². The fourth-order valence-corrected chi connectivity index (χ4v) is 3.52. The molecule has 0 saturated heterocycles. The number of nitrogens with one attached hydrogen (secondary N) is 1. The van der Waals surface area contributed by atoms with Crippen LogP contribution in [0.15, 0.2) is 58.4 Å². The molecule has 0 unspecified atom stereocenters. The summed E-state index contributed by atoms with van der Waals surface area (Å²) >= 11 is 0. The van der Waals surface area contributed by atoms with E-state index in [0.717, 1.165) is 12.1 Å². The van der Waals surface area contributed by atoms with E-state index in [-0.39, 0.29) is 17.3 Å².